The highest BCUT2D eigenvalue weighted by Crippen LogP contribution is 2.32. The first-order valence-electron chi connectivity index (χ1n) is 8.13. The molecule has 0 saturated carbocycles. The van der Waals surface area contributed by atoms with E-state index in [0.29, 0.717) is 28.7 Å². The number of halogens is 1. The van der Waals surface area contributed by atoms with Crippen molar-refractivity contribution in [1.82, 2.24) is 19.7 Å². The maximum atomic E-state index is 13.2. The van der Waals surface area contributed by atoms with Gasteiger partial charge in [0.15, 0.2) is 5.65 Å². The Hall–Kier alpha value is -3.68. The van der Waals surface area contributed by atoms with Gasteiger partial charge in [0.1, 0.15) is 29.5 Å². The first-order chi connectivity index (χ1) is 13.2. The van der Waals surface area contributed by atoms with E-state index in [4.69, 9.17) is 9.47 Å². The lowest BCUT2D eigenvalue weighted by atomic mass is 10.2. The second-order valence-electron chi connectivity index (χ2n) is 5.68. The Morgan fingerprint density at radius 3 is 2.56 bits per heavy atom. The maximum absolute atomic E-state index is 13.2. The lowest BCUT2D eigenvalue weighted by molar-refractivity contribution is 0.395. The Kier molecular flexibility index (Phi) is 4.29. The third-order valence-electron chi connectivity index (χ3n) is 4.10. The smallest absolute Gasteiger partial charge is 0.168 e. The molecule has 2 aromatic heterocycles. The standard InChI is InChI=1S/C19H16FN5O2/c1-26-14-7-8-16(17(9-14)27-2)24-18-15-10-23-25(19(15)22-11-21-18)13-5-3-12(20)4-6-13/h3-11H,1-2H3,(H,21,22,24). The highest BCUT2D eigenvalue weighted by molar-refractivity contribution is 5.89. The number of hydrogen-bond donors (Lipinski definition) is 1. The highest BCUT2D eigenvalue weighted by atomic mass is 19.1. The number of fused-ring (bicyclic) bond motifs is 1. The van der Waals surface area contributed by atoms with Crippen LogP contribution in [0.1, 0.15) is 0 Å². The number of hydrogen-bond acceptors (Lipinski definition) is 6. The fourth-order valence-corrected chi connectivity index (χ4v) is 2.74. The zero-order valence-electron chi connectivity index (χ0n) is 14.7. The Balaban J connectivity index is 1.75. The van der Waals surface area contributed by atoms with E-state index < -0.39 is 0 Å². The van der Waals surface area contributed by atoms with Crippen molar-refractivity contribution in [1.29, 1.82) is 0 Å². The molecule has 0 unspecified atom stereocenters. The zero-order valence-corrected chi connectivity index (χ0v) is 14.7. The topological polar surface area (TPSA) is 74.1 Å². The summed E-state index contributed by atoms with van der Waals surface area (Å²) < 4.78 is 25.5. The van der Waals surface area contributed by atoms with Gasteiger partial charge in [-0.15, -0.1) is 0 Å². The molecule has 0 aliphatic heterocycles. The number of nitrogens with zero attached hydrogens (tertiary/aromatic N) is 4. The molecule has 0 radical (unpaired) electrons. The summed E-state index contributed by atoms with van der Waals surface area (Å²) >= 11 is 0. The van der Waals surface area contributed by atoms with E-state index >= 15 is 0 Å². The average Bonchev–Trinajstić information content (AvgIpc) is 3.14. The number of rotatable bonds is 5. The first-order valence-corrected chi connectivity index (χ1v) is 8.13. The molecule has 0 atom stereocenters. The van der Waals surface area contributed by atoms with Crippen LogP contribution in [0.25, 0.3) is 16.7 Å². The largest absolute Gasteiger partial charge is 0.497 e. The van der Waals surface area contributed by atoms with Crippen LogP contribution in [0.4, 0.5) is 15.9 Å². The number of aromatic nitrogens is 4. The molecule has 7 nitrogen and oxygen atoms in total. The number of nitrogens with one attached hydrogen (secondary N) is 1. The van der Waals surface area contributed by atoms with Gasteiger partial charge in [0, 0.05) is 6.07 Å². The monoisotopic (exact) mass is 365 g/mol. The van der Waals surface area contributed by atoms with E-state index in [-0.39, 0.29) is 5.82 Å². The van der Waals surface area contributed by atoms with Crippen molar-refractivity contribution < 1.29 is 13.9 Å². The molecule has 0 aliphatic rings. The number of anilines is 2. The molecule has 1 N–H and O–H groups in total. The van der Waals surface area contributed by atoms with Crippen molar-refractivity contribution in [2.45, 2.75) is 0 Å². The summed E-state index contributed by atoms with van der Waals surface area (Å²) in [6.07, 6.45) is 3.11. The lowest BCUT2D eigenvalue weighted by Gasteiger charge is -2.12. The summed E-state index contributed by atoms with van der Waals surface area (Å²) in [4.78, 5) is 8.64. The average molecular weight is 365 g/mol. The molecule has 0 fully saturated rings. The molecule has 0 spiro atoms. The van der Waals surface area contributed by atoms with Crippen LogP contribution >= 0.6 is 0 Å². The number of ether oxygens (including phenoxy) is 2. The molecule has 0 bridgehead atoms. The maximum Gasteiger partial charge on any atom is 0.168 e. The molecule has 27 heavy (non-hydrogen) atoms. The van der Waals surface area contributed by atoms with Crippen molar-refractivity contribution in [2.75, 3.05) is 19.5 Å². The summed E-state index contributed by atoms with van der Waals surface area (Å²) in [7, 11) is 3.18. The summed E-state index contributed by atoms with van der Waals surface area (Å²) in [6, 6.07) is 11.5. The van der Waals surface area contributed by atoms with E-state index in [2.05, 4.69) is 20.4 Å². The normalized spacial score (nSPS) is 10.8. The molecule has 2 aromatic carbocycles. The Labute approximate surface area is 154 Å². The number of methoxy groups -OCH3 is 2. The van der Waals surface area contributed by atoms with Crippen molar-refractivity contribution in [3.63, 3.8) is 0 Å². The van der Waals surface area contributed by atoms with E-state index in [9.17, 15) is 4.39 Å². The van der Waals surface area contributed by atoms with Gasteiger partial charge in [-0.2, -0.15) is 5.10 Å². The van der Waals surface area contributed by atoms with Gasteiger partial charge < -0.3 is 14.8 Å². The Bertz CT molecular complexity index is 1100. The van der Waals surface area contributed by atoms with Gasteiger partial charge in [-0.25, -0.2) is 19.0 Å². The summed E-state index contributed by atoms with van der Waals surface area (Å²) in [5, 5.41) is 8.34. The van der Waals surface area contributed by atoms with Gasteiger partial charge in [-0.1, -0.05) is 0 Å². The first kappa shape index (κ1) is 16.8. The summed E-state index contributed by atoms with van der Waals surface area (Å²) in [5.74, 6) is 1.58. The second kappa shape index (κ2) is 6.91. The van der Waals surface area contributed by atoms with Crippen LogP contribution in [0.3, 0.4) is 0 Å². The minimum atomic E-state index is -0.307. The summed E-state index contributed by atoms with van der Waals surface area (Å²) in [5.41, 5.74) is 2.04. The third kappa shape index (κ3) is 3.12. The van der Waals surface area contributed by atoms with Crippen molar-refractivity contribution in [3.05, 3.63) is 60.8 Å². The molecule has 136 valence electrons. The van der Waals surface area contributed by atoms with Crippen molar-refractivity contribution >= 4 is 22.5 Å². The van der Waals surface area contributed by atoms with Gasteiger partial charge in [-0.3, -0.25) is 0 Å². The molecule has 0 amide bonds. The Morgan fingerprint density at radius 1 is 1.00 bits per heavy atom. The van der Waals surface area contributed by atoms with Gasteiger partial charge in [0.2, 0.25) is 0 Å². The Morgan fingerprint density at radius 2 is 1.81 bits per heavy atom. The molecule has 0 saturated heterocycles. The van der Waals surface area contributed by atoms with E-state index in [0.717, 1.165) is 11.1 Å². The van der Waals surface area contributed by atoms with Gasteiger partial charge in [0.25, 0.3) is 0 Å². The minimum Gasteiger partial charge on any atom is -0.497 e. The van der Waals surface area contributed by atoms with Crippen LogP contribution in [0.2, 0.25) is 0 Å². The number of benzene rings is 2. The van der Waals surface area contributed by atoms with Crippen LogP contribution in [0.5, 0.6) is 11.5 Å². The predicted octanol–water partition coefficient (Wildman–Crippen LogP) is 3.72. The highest BCUT2D eigenvalue weighted by Gasteiger charge is 2.13. The molecule has 0 aliphatic carbocycles. The lowest BCUT2D eigenvalue weighted by Crippen LogP contribution is -2.00. The van der Waals surface area contributed by atoms with Crippen LogP contribution in [0.15, 0.2) is 55.0 Å². The van der Waals surface area contributed by atoms with E-state index in [1.807, 2.05) is 12.1 Å². The zero-order chi connectivity index (χ0) is 18.8. The fourth-order valence-electron chi connectivity index (χ4n) is 2.74. The molecule has 2 heterocycles. The molecular weight excluding hydrogens is 349 g/mol. The van der Waals surface area contributed by atoms with Crippen molar-refractivity contribution in [2.24, 2.45) is 0 Å². The van der Waals surface area contributed by atoms with E-state index in [1.165, 1.54) is 18.5 Å². The van der Waals surface area contributed by atoms with Crippen molar-refractivity contribution in [3.8, 4) is 17.2 Å². The second-order valence-corrected chi connectivity index (χ2v) is 5.68. The quantitative estimate of drug-likeness (QED) is 0.581. The van der Waals surface area contributed by atoms with Gasteiger partial charge in [0.05, 0.1) is 37.2 Å². The molecule has 4 aromatic rings. The van der Waals surface area contributed by atoms with E-state index in [1.54, 1.807) is 43.3 Å². The molecular formula is C19H16FN5O2. The van der Waals surface area contributed by atoms with Crippen LogP contribution < -0.4 is 14.8 Å². The SMILES string of the molecule is COc1ccc(Nc2ncnc3c2cnn3-c2ccc(F)cc2)c(OC)c1. The van der Waals surface area contributed by atoms with Crippen LogP contribution in [-0.4, -0.2) is 34.0 Å². The third-order valence-corrected chi connectivity index (χ3v) is 4.10. The summed E-state index contributed by atoms with van der Waals surface area (Å²) in [6.45, 7) is 0. The van der Waals surface area contributed by atoms with Gasteiger partial charge >= 0.3 is 0 Å². The van der Waals surface area contributed by atoms with Gasteiger partial charge in [-0.05, 0) is 36.4 Å². The minimum absolute atomic E-state index is 0.307. The fraction of sp³-hybridized carbons (Fsp3) is 0.105. The molecule has 8 heteroatoms. The predicted molar refractivity (Wildman–Crippen MR) is 99.4 cm³/mol. The molecule has 4 rings (SSSR count). The van der Waals surface area contributed by atoms with Crippen LogP contribution in [-0.2, 0) is 0 Å². The van der Waals surface area contributed by atoms with Crippen LogP contribution in [0, 0.1) is 5.82 Å².